The Morgan fingerprint density at radius 1 is 1.36 bits per heavy atom. The topological polar surface area (TPSA) is 29.1 Å². The molecule has 0 aromatic heterocycles. The summed E-state index contributed by atoms with van der Waals surface area (Å²) in [6.07, 6.45) is 0.969. The molecule has 0 saturated carbocycles. The normalized spacial score (nSPS) is 9.93. The summed E-state index contributed by atoms with van der Waals surface area (Å²) >= 11 is 0. The molecule has 1 rings (SSSR count). The second-order valence-corrected chi connectivity index (χ2v) is 3.50. The lowest BCUT2D eigenvalue weighted by Crippen LogP contribution is -2.24. The Morgan fingerprint density at radius 2 is 2.07 bits per heavy atom. The maximum atomic E-state index is 11.7. The summed E-state index contributed by atoms with van der Waals surface area (Å²) in [5.74, 6) is 0.0352. The molecule has 0 saturated heterocycles. The molecule has 1 amide bonds. The third-order valence-corrected chi connectivity index (χ3v) is 2.38. The molecule has 0 atom stereocenters. The van der Waals surface area contributed by atoms with Gasteiger partial charge in [-0.1, -0.05) is 19.1 Å². The number of rotatable bonds is 3. The van der Waals surface area contributed by atoms with Gasteiger partial charge < -0.3 is 5.32 Å². The first-order valence-corrected chi connectivity index (χ1v) is 5.01. The second-order valence-electron chi connectivity index (χ2n) is 3.50. The molecule has 14 heavy (non-hydrogen) atoms. The predicted molar refractivity (Wildman–Crippen MR) is 58.5 cm³/mol. The van der Waals surface area contributed by atoms with E-state index in [2.05, 4.69) is 5.32 Å². The Kier molecular flexibility index (Phi) is 3.69. The van der Waals surface area contributed by atoms with Crippen LogP contribution in [0.25, 0.3) is 0 Å². The molecule has 1 aromatic rings. The van der Waals surface area contributed by atoms with Gasteiger partial charge >= 0.3 is 0 Å². The van der Waals surface area contributed by atoms with Crippen molar-refractivity contribution in [1.29, 1.82) is 0 Å². The van der Waals surface area contributed by atoms with E-state index >= 15 is 0 Å². The summed E-state index contributed by atoms with van der Waals surface area (Å²) < 4.78 is 0. The van der Waals surface area contributed by atoms with Crippen LogP contribution >= 0.6 is 0 Å². The number of hydrogen-bond donors (Lipinski definition) is 1. The molecule has 1 N–H and O–H groups in total. The predicted octanol–water partition coefficient (Wildman–Crippen LogP) is 2.44. The van der Waals surface area contributed by atoms with E-state index in [1.165, 1.54) is 0 Å². The number of aryl methyl sites for hydroxylation is 1. The number of nitrogens with one attached hydrogen (secondary N) is 1. The van der Waals surface area contributed by atoms with Crippen LogP contribution in [-0.2, 0) is 0 Å². The van der Waals surface area contributed by atoms with Gasteiger partial charge in [0, 0.05) is 12.1 Å². The Morgan fingerprint density at radius 3 is 2.71 bits per heavy atom. The highest BCUT2D eigenvalue weighted by Crippen LogP contribution is 2.12. The molecule has 0 bridgehead atoms. The Balaban J connectivity index is 2.84. The molecule has 2 nitrogen and oxygen atoms in total. The average Bonchev–Trinajstić information content (AvgIpc) is 2.18. The van der Waals surface area contributed by atoms with Gasteiger partial charge in [0.15, 0.2) is 0 Å². The first kappa shape index (κ1) is 10.8. The van der Waals surface area contributed by atoms with Crippen molar-refractivity contribution in [3.8, 4) is 0 Å². The van der Waals surface area contributed by atoms with Crippen LogP contribution < -0.4 is 5.32 Å². The van der Waals surface area contributed by atoms with Crippen LogP contribution in [0, 0.1) is 13.8 Å². The van der Waals surface area contributed by atoms with Crippen molar-refractivity contribution < 1.29 is 4.79 Å². The van der Waals surface area contributed by atoms with Crippen LogP contribution in [0.2, 0.25) is 0 Å². The lowest BCUT2D eigenvalue weighted by molar-refractivity contribution is 0.0953. The zero-order chi connectivity index (χ0) is 10.6. The van der Waals surface area contributed by atoms with Crippen molar-refractivity contribution in [2.75, 3.05) is 6.54 Å². The van der Waals surface area contributed by atoms with Crippen LogP contribution in [-0.4, -0.2) is 12.5 Å². The van der Waals surface area contributed by atoms with E-state index < -0.39 is 0 Å². The minimum absolute atomic E-state index is 0.0352. The number of carbonyl (C=O) groups is 1. The van der Waals surface area contributed by atoms with Crippen molar-refractivity contribution in [1.82, 2.24) is 5.32 Å². The summed E-state index contributed by atoms with van der Waals surface area (Å²) in [4.78, 5) is 11.7. The minimum atomic E-state index is 0.0352. The van der Waals surface area contributed by atoms with Gasteiger partial charge in [-0.3, -0.25) is 4.79 Å². The van der Waals surface area contributed by atoms with Crippen molar-refractivity contribution in [2.24, 2.45) is 0 Å². The molecule has 76 valence electrons. The van der Waals surface area contributed by atoms with E-state index in [9.17, 15) is 4.79 Å². The van der Waals surface area contributed by atoms with Gasteiger partial charge in [-0.2, -0.15) is 0 Å². The van der Waals surface area contributed by atoms with Crippen molar-refractivity contribution in [3.05, 3.63) is 34.9 Å². The molecule has 0 unspecified atom stereocenters. The van der Waals surface area contributed by atoms with Crippen LogP contribution in [0.5, 0.6) is 0 Å². The average molecular weight is 191 g/mol. The number of carbonyl (C=O) groups excluding carboxylic acids is 1. The van der Waals surface area contributed by atoms with Gasteiger partial charge in [-0.25, -0.2) is 0 Å². The van der Waals surface area contributed by atoms with E-state index in [1.807, 2.05) is 39.0 Å². The summed E-state index contributed by atoms with van der Waals surface area (Å²) in [5, 5.41) is 2.88. The van der Waals surface area contributed by atoms with Gasteiger partial charge in [-0.05, 0) is 37.5 Å². The maximum absolute atomic E-state index is 11.7. The highest BCUT2D eigenvalue weighted by atomic mass is 16.1. The summed E-state index contributed by atoms with van der Waals surface area (Å²) in [6, 6.07) is 5.81. The minimum Gasteiger partial charge on any atom is -0.352 e. The molecular weight excluding hydrogens is 174 g/mol. The molecule has 0 heterocycles. The summed E-state index contributed by atoms with van der Waals surface area (Å²) in [6.45, 7) is 6.79. The van der Waals surface area contributed by atoms with Crippen LogP contribution in [0.15, 0.2) is 18.2 Å². The zero-order valence-electron chi connectivity index (χ0n) is 9.05. The Bertz CT molecular complexity index is 331. The van der Waals surface area contributed by atoms with Crippen LogP contribution in [0.3, 0.4) is 0 Å². The third-order valence-electron chi connectivity index (χ3n) is 2.38. The van der Waals surface area contributed by atoms with E-state index in [0.29, 0.717) is 0 Å². The molecule has 0 spiro atoms. The van der Waals surface area contributed by atoms with E-state index in [0.717, 1.165) is 29.7 Å². The molecule has 0 aliphatic carbocycles. The van der Waals surface area contributed by atoms with E-state index in [4.69, 9.17) is 0 Å². The molecular formula is C12H17NO. The summed E-state index contributed by atoms with van der Waals surface area (Å²) in [5.41, 5.74) is 3.02. The lowest BCUT2D eigenvalue weighted by Gasteiger charge is -2.08. The largest absolute Gasteiger partial charge is 0.352 e. The molecule has 1 aromatic carbocycles. The molecule has 2 heteroatoms. The smallest absolute Gasteiger partial charge is 0.251 e. The van der Waals surface area contributed by atoms with E-state index in [-0.39, 0.29) is 5.91 Å². The van der Waals surface area contributed by atoms with E-state index in [1.54, 1.807) is 0 Å². The quantitative estimate of drug-likeness (QED) is 0.781. The van der Waals surface area contributed by atoms with Crippen LogP contribution in [0.4, 0.5) is 0 Å². The fourth-order valence-electron chi connectivity index (χ4n) is 1.33. The van der Waals surface area contributed by atoms with Gasteiger partial charge in [0.25, 0.3) is 5.91 Å². The number of benzene rings is 1. The first-order valence-electron chi connectivity index (χ1n) is 5.01. The molecule has 0 aliphatic heterocycles. The monoisotopic (exact) mass is 191 g/mol. The van der Waals surface area contributed by atoms with Gasteiger partial charge in [0.2, 0.25) is 0 Å². The van der Waals surface area contributed by atoms with Gasteiger partial charge in [0.1, 0.15) is 0 Å². The fraction of sp³-hybridized carbons (Fsp3) is 0.417. The third kappa shape index (κ3) is 2.34. The standard InChI is InChI=1S/C12H17NO/c1-4-8-13-12(14)11-7-5-6-9(2)10(11)3/h5-7H,4,8H2,1-3H3,(H,13,14). The SMILES string of the molecule is CCCNC(=O)c1cccc(C)c1C. The highest BCUT2D eigenvalue weighted by Gasteiger charge is 2.08. The number of amides is 1. The zero-order valence-corrected chi connectivity index (χ0v) is 9.05. The van der Waals surface area contributed by atoms with Gasteiger partial charge in [-0.15, -0.1) is 0 Å². The fourth-order valence-corrected chi connectivity index (χ4v) is 1.33. The molecule has 0 fully saturated rings. The van der Waals surface area contributed by atoms with Crippen molar-refractivity contribution in [3.63, 3.8) is 0 Å². The second kappa shape index (κ2) is 4.80. The Hall–Kier alpha value is -1.31. The molecule has 0 radical (unpaired) electrons. The maximum Gasteiger partial charge on any atom is 0.251 e. The lowest BCUT2D eigenvalue weighted by atomic mass is 10.0. The molecule has 0 aliphatic rings. The van der Waals surface area contributed by atoms with Crippen molar-refractivity contribution in [2.45, 2.75) is 27.2 Å². The Labute approximate surface area is 85.3 Å². The highest BCUT2D eigenvalue weighted by molar-refractivity contribution is 5.95. The summed E-state index contributed by atoms with van der Waals surface area (Å²) in [7, 11) is 0. The van der Waals surface area contributed by atoms with Gasteiger partial charge in [0.05, 0.1) is 0 Å². The van der Waals surface area contributed by atoms with Crippen molar-refractivity contribution >= 4 is 5.91 Å². The van der Waals surface area contributed by atoms with Crippen LogP contribution in [0.1, 0.15) is 34.8 Å². The number of hydrogen-bond acceptors (Lipinski definition) is 1. The first-order chi connectivity index (χ1) is 6.66.